The van der Waals surface area contributed by atoms with Crippen LogP contribution < -0.4 is 5.32 Å². The van der Waals surface area contributed by atoms with Gasteiger partial charge in [0.2, 0.25) is 0 Å². The predicted octanol–water partition coefficient (Wildman–Crippen LogP) is 1.72. The fourth-order valence-corrected chi connectivity index (χ4v) is 2.62. The number of ether oxygens (including phenoxy) is 2. The average Bonchev–Trinajstić information content (AvgIpc) is 2.92. The number of amides is 1. The molecular formula is C16H21N3O3. The van der Waals surface area contributed by atoms with Gasteiger partial charge in [-0.1, -0.05) is 0 Å². The predicted molar refractivity (Wildman–Crippen MR) is 82.8 cm³/mol. The third-order valence-electron chi connectivity index (χ3n) is 3.74. The first-order valence-corrected chi connectivity index (χ1v) is 7.72. The summed E-state index contributed by atoms with van der Waals surface area (Å²) >= 11 is 0. The number of hydrogen-bond acceptors (Lipinski definition) is 4. The zero-order valence-electron chi connectivity index (χ0n) is 12.8. The number of benzene rings is 1. The number of nitrogens with zero attached hydrogens (tertiary/aromatic N) is 2. The van der Waals surface area contributed by atoms with E-state index in [2.05, 4.69) is 14.9 Å². The van der Waals surface area contributed by atoms with Crippen molar-refractivity contribution in [1.29, 1.82) is 0 Å². The number of aromatic nitrogens is 2. The number of imidazole rings is 1. The molecule has 1 aromatic heterocycles. The first-order valence-electron chi connectivity index (χ1n) is 7.72. The Kier molecular flexibility index (Phi) is 4.70. The largest absolute Gasteiger partial charge is 0.382 e. The molecule has 2 aromatic rings. The molecule has 0 saturated carbocycles. The highest BCUT2D eigenvalue weighted by molar-refractivity contribution is 5.97. The van der Waals surface area contributed by atoms with Gasteiger partial charge in [0.05, 0.1) is 17.6 Å². The van der Waals surface area contributed by atoms with Gasteiger partial charge in [-0.05, 0) is 31.5 Å². The number of nitrogens with one attached hydrogen (secondary N) is 1. The number of carbonyl (C=O) groups excluding carboxylic acids is 1. The number of fused-ring (bicyclic) bond motifs is 3. The third kappa shape index (κ3) is 3.13. The highest BCUT2D eigenvalue weighted by atomic mass is 16.5. The summed E-state index contributed by atoms with van der Waals surface area (Å²) in [6.07, 6.45) is 0.817. The van der Waals surface area contributed by atoms with Crippen molar-refractivity contribution in [3.8, 4) is 0 Å². The van der Waals surface area contributed by atoms with Gasteiger partial charge in [-0.2, -0.15) is 0 Å². The molecule has 0 unspecified atom stereocenters. The number of carbonyl (C=O) groups is 1. The molecule has 0 spiro atoms. The van der Waals surface area contributed by atoms with E-state index in [-0.39, 0.29) is 5.91 Å². The molecule has 0 atom stereocenters. The minimum absolute atomic E-state index is 0.0689. The molecule has 6 nitrogen and oxygen atoms in total. The SMILES string of the molecule is CCOCCCNC(=O)c1ccc2c(c1)nc1n2CCOC1. The molecule has 2 heterocycles. The summed E-state index contributed by atoms with van der Waals surface area (Å²) in [6, 6.07) is 5.66. The highest BCUT2D eigenvalue weighted by Gasteiger charge is 2.16. The molecule has 0 radical (unpaired) electrons. The maximum absolute atomic E-state index is 12.2. The lowest BCUT2D eigenvalue weighted by atomic mass is 10.2. The zero-order valence-corrected chi connectivity index (χ0v) is 12.8. The molecule has 1 N–H and O–H groups in total. The minimum Gasteiger partial charge on any atom is -0.382 e. The van der Waals surface area contributed by atoms with Crippen molar-refractivity contribution in [1.82, 2.24) is 14.9 Å². The van der Waals surface area contributed by atoms with E-state index in [1.807, 2.05) is 25.1 Å². The third-order valence-corrected chi connectivity index (χ3v) is 3.74. The zero-order chi connectivity index (χ0) is 15.4. The first-order chi connectivity index (χ1) is 10.8. The Morgan fingerprint density at radius 2 is 2.41 bits per heavy atom. The molecule has 0 bridgehead atoms. The van der Waals surface area contributed by atoms with Gasteiger partial charge in [0.25, 0.3) is 5.91 Å². The van der Waals surface area contributed by atoms with Gasteiger partial charge < -0.3 is 19.4 Å². The molecule has 1 aliphatic rings. The Bertz CT molecular complexity index is 666. The Morgan fingerprint density at radius 3 is 3.27 bits per heavy atom. The summed E-state index contributed by atoms with van der Waals surface area (Å²) in [7, 11) is 0. The number of hydrogen-bond donors (Lipinski definition) is 1. The maximum atomic E-state index is 12.2. The standard InChI is InChI=1S/C16H21N3O3/c1-2-21-8-3-6-17-16(20)12-4-5-14-13(10-12)18-15-11-22-9-7-19(14)15/h4-5,10H,2-3,6-9,11H2,1H3,(H,17,20). The van der Waals surface area contributed by atoms with Crippen LogP contribution in [0.5, 0.6) is 0 Å². The van der Waals surface area contributed by atoms with Crippen LogP contribution in [0.25, 0.3) is 11.0 Å². The summed E-state index contributed by atoms with van der Waals surface area (Å²) in [5.74, 6) is 0.858. The topological polar surface area (TPSA) is 65.4 Å². The second-order valence-electron chi connectivity index (χ2n) is 5.24. The van der Waals surface area contributed by atoms with Crippen LogP contribution in [0, 0.1) is 0 Å². The molecule has 118 valence electrons. The molecular weight excluding hydrogens is 282 g/mol. The van der Waals surface area contributed by atoms with E-state index in [1.54, 1.807) is 0 Å². The molecule has 6 heteroatoms. The second kappa shape index (κ2) is 6.89. The van der Waals surface area contributed by atoms with Crippen molar-refractivity contribution in [3.05, 3.63) is 29.6 Å². The van der Waals surface area contributed by atoms with E-state index in [9.17, 15) is 4.79 Å². The monoisotopic (exact) mass is 303 g/mol. The smallest absolute Gasteiger partial charge is 0.251 e. The van der Waals surface area contributed by atoms with Crippen LogP contribution in [0.15, 0.2) is 18.2 Å². The van der Waals surface area contributed by atoms with Crippen LogP contribution in [0.1, 0.15) is 29.5 Å². The molecule has 0 aliphatic carbocycles. The van der Waals surface area contributed by atoms with E-state index in [0.717, 1.165) is 29.8 Å². The van der Waals surface area contributed by atoms with Crippen LogP contribution in [0.2, 0.25) is 0 Å². The molecule has 22 heavy (non-hydrogen) atoms. The molecule has 0 saturated heterocycles. The van der Waals surface area contributed by atoms with Gasteiger partial charge in [0, 0.05) is 31.9 Å². The molecule has 0 fully saturated rings. The van der Waals surface area contributed by atoms with Gasteiger partial charge in [-0.3, -0.25) is 4.79 Å². The van der Waals surface area contributed by atoms with Crippen LogP contribution in [-0.2, 0) is 22.6 Å². The fraction of sp³-hybridized carbons (Fsp3) is 0.500. The van der Waals surface area contributed by atoms with E-state index in [0.29, 0.717) is 38.5 Å². The normalized spacial score (nSPS) is 14.0. The molecule has 1 aliphatic heterocycles. The summed E-state index contributed by atoms with van der Waals surface area (Å²) in [6.45, 7) is 6.01. The summed E-state index contributed by atoms with van der Waals surface area (Å²) < 4.78 is 12.8. The molecule has 3 rings (SSSR count). The van der Waals surface area contributed by atoms with Gasteiger partial charge >= 0.3 is 0 Å². The molecule has 1 amide bonds. The minimum atomic E-state index is -0.0689. The summed E-state index contributed by atoms with van der Waals surface area (Å²) in [4.78, 5) is 16.7. The van der Waals surface area contributed by atoms with Crippen molar-refractivity contribution in [2.24, 2.45) is 0 Å². The highest BCUT2D eigenvalue weighted by Crippen LogP contribution is 2.20. The van der Waals surface area contributed by atoms with Crippen LogP contribution in [0.4, 0.5) is 0 Å². The Labute approximate surface area is 129 Å². The van der Waals surface area contributed by atoms with E-state index < -0.39 is 0 Å². The lowest BCUT2D eigenvalue weighted by Crippen LogP contribution is -2.25. The lowest BCUT2D eigenvalue weighted by molar-refractivity contribution is 0.0830. The van der Waals surface area contributed by atoms with Crippen molar-refractivity contribution < 1.29 is 14.3 Å². The first kappa shape index (κ1) is 15.0. The van der Waals surface area contributed by atoms with E-state index in [1.165, 1.54) is 0 Å². The summed E-state index contributed by atoms with van der Waals surface area (Å²) in [5, 5.41) is 2.91. The van der Waals surface area contributed by atoms with Crippen molar-refractivity contribution in [2.75, 3.05) is 26.4 Å². The fourth-order valence-electron chi connectivity index (χ4n) is 2.62. The molecule has 1 aromatic carbocycles. The average molecular weight is 303 g/mol. The Morgan fingerprint density at radius 1 is 1.50 bits per heavy atom. The Balaban J connectivity index is 1.68. The maximum Gasteiger partial charge on any atom is 0.251 e. The van der Waals surface area contributed by atoms with Crippen molar-refractivity contribution >= 4 is 16.9 Å². The van der Waals surface area contributed by atoms with Gasteiger partial charge in [0.1, 0.15) is 12.4 Å². The number of rotatable bonds is 6. The van der Waals surface area contributed by atoms with Crippen molar-refractivity contribution in [2.45, 2.75) is 26.5 Å². The van der Waals surface area contributed by atoms with E-state index >= 15 is 0 Å². The van der Waals surface area contributed by atoms with Crippen molar-refractivity contribution in [3.63, 3.8) is 0 Å². The van der Waals surface area contributed by atoms with Crippen LogP contribution in [-0.4, -0.2) is 41.8 Å². The van der Waals surface area contributed by atoms with Gasteiger partial charge in [-0.15, -0.1) is 0 Å². The van der Waals surface area contributed by atoms with Gasteiger partial charge in [-0.25, -0.2) is 4.98 Å². The Hall–Kier alpha value is -1.92. The second-order valence-corrected chi connectivity index (χ2v) is 5.24. The summed E-state index contributed by atoms with van der Waals surface area (Å²) in [5.41, 5.74) is 2.55. The van der Waals surface area contributed by atoms with Crippen LogP contribution in [0.3, 0.4) is 0 Å². The van der Waals surface area contributed by atoms with E-state index in [4.69, 9.17) is 9.47 Å². The lowest BCUT2D eigenvalue weighted by Gasteiger charge is -2.14. The quantitative estimate of drug-likeness (QED) is 0.825. The van der Waals surface area contributed by atoms with Gasteiger partial charge in [0.15, 0.2) is 0 Å². The van der Waals surface area contributed by atoms with Crippen LogP contribution >= 0.6 is 0 Å².